The van der Waals surface area contributed by atoms with Crippen molar-refractivity contribution in [2.24, 2.45) is 0 Å². The van der Waals surface area contributed by atoms with Gasteiger partial charge in [-0.25, -0.2) is 4.98 Å². The minimum atomic E-state index is -4.55. The molecule has 12 heteroatoms. The first kappa shape index (κ1) is 23.0. The van der Waals surface area contributed by atoms with Crippen molar-refractivity contribution in [3.8, 4) is 5.75 Å². The summed E-state index contributed by atoms with van der Waals surface area (Å²) in [4.78, 5) is 19.3. The summed E-state index contributed by atoms with van der Waals surface area (Å²) in [5.41, 5.74) is -1.77. The van der Waals surface area contributed by atoms with E-state index in [2.05, 4.69) is 4.98 Å². The van der Waals surface area contributed by atoms with Crippen LogP contribution < -0.4 is 9.64 Å². The van der Waals surface area contributed by atoms with E-state index in [0.717, 1.165) is 30.3 Å². The molecule has 0 bridgehead atoms. The SMILES string of the molecule is O=C(COc1ccc(C(F)(F)F)cc1)N1CCN(c2ncc(C(F)(F)F)cc2Cl)CC1. The molecule has 0 saturated carbocycles. The number of hydrogen-bond acceptors (Lipinski definition) is 4. The van der Waals surface area contributed by atoms with Crippen LogP contribution in [0.2, 0.25) is 5.02 Å². The highest BCUT2D eigenvalue weighted by Crippen LogP contribution is 2.34. The second kappa shape index (κ2) is 8.81. The van der Waals surface area contributed by atoms with Crippen molar-refractivity contribution in [1.82, 2.24) is 9.88 Å². The highest BCUT2D eigenvalue weighted by molar-refractivity contribution is 6.33. The minimum absolute atomic E-state index is 0.126. The number of alkyl halides is 6. The van der Waals surface area contributed by atoms with E-state index in [-0.39, 0.29) is 42.2 Å². The Balaban J connectivity index is 1.52. The van der Waals surface area contributed by atoms with Gasteiger partial charge in [0.25, 0.3) is 5.91 Å². The summed E-state index contributed by atoms with van der Waals surface area (Å²) in [7, 11) is 0. The van der Waals surface area contributed by atoms with E-state index < -0.39 is 23.5 Å². The average Bonchev–Trinajstić information content (AvgIpc) is 2.71. The molecule has 1 aromatic carbocycles. The van der Waals surface area contributed by atoms with Gasteiger partial charge in [0, 0.05) is 32.4 Å². The lowest BCUT2D eigenvalue weighted by Gasteiger charge is -2.35. The standard InChI is InChI=1S/C19H16ClF6N3O2/c20-15-9-13(19(24,25)26)10-27-17(15)29-7-5-28(6-8-29)16(30)11-31-14-3-1-12(2-4-14)18(21,22)23/h1-4,9-10H,5-8,11H2. The number of rotatable bonds is 4. The van der Waals surface area contributed by atoms with Gasteiger partial charge in [0.05, 0.1) is 16.1 Å². The molecule has 2 aromatic rings. The summed E-state index contributed by atoms with van der Waals surface area (Å²) < 4.78 is 81.1. The molecule has 0 aliphatic carbocycles. The van der Waals surface area contributed by atoms with Gasteiger partial charge in [0.15, 0.2) is 6.61 Å². The van der Waals surface area contributed by atoms with Gasteiger partial charge < -0.3 is 14.5 Å². The molecule has 5 nitrogen and oxygen atoms in total. The molecule has 31 heavy (non-hydrogen) atoms. The maximum absolute atomic E-state index is 12.7. The van der Waals surface area contributed by atoms with Gasteiger partial charge >= 0.3 is 12.4 Å². The van der Waals surface area contributed by atoms with Crippen LogP contribution in [0, 0.1) is 0 Å². The molecule has 0 spiro atoms. The first-order chi connectivity index (χ1) is 14.4. The Kier molecular flexibility index (Phi) is 6.54. The molecule has 1 aromatic heterocycles. The van der Waals surface area contributed by atoms with Gasteiger partial charge in [-0.05, 0) is 30.3 Å². The summed E-state index contributed by atoms with van der Waals surface area (Å²) in [6.07, 6.45) is -8.30. The number of pyridine rings is 1. The van der Waals surface area contributed by atoms with Crippen LogP contribution in [-0.2, 0) is 17.1 Å². The van der Waals surface area contributed by atoms with Crippen LogP contribution in [0.5, 0.6) is 5.75 Å². The topological polar surface area (TPSA) is 45.7 Å². The molecule has 1 aliphatic rings. The molecule has 0 radical (unpaired) electrons. The van der Waals surface area contributed by atoms with E-state index >= 15 is 0 Å². The predicted octanol–water partition coefficient (Wildman–Crippen LogP) is 4.50. The Morgan fingerprint density at radius 2 is 1.55 bits per heavy atom. The number of carbonyl (C=O) groups is 1. The molecule has 0 atom stereocenters. The van der Waals surface area contributed by atoms with E-state index in [4.69, 9.17) is 16.3 Å². The average molecular weight is 468 g/mol. The summed E-state index contributed by atoms with van der Waals surface area (Å²) in [6, 6.07) is 4.79. The third-order valence-corrected chi connectivity index (χ3v) is 4.90. The second-order valence-corrected chi connectivity index (χ2v) is 7.11. The summed E-state index contributed by atoms with van der Waals surface area (Å²) in [5.74, 6) is -0.0467. The Morgan fingerprint density at radius 1 is 0.968 bits per heavy atom. The number of carbonyl (C=O) groups excluding carboxylic acids is 1. The molecule has 3 rings (SSSR count). The maximum atomic E-state index is 12.7. The molecule has 168 valence electrons. The van der Waals surface area contributed by atoms with Crippen molar-refractivity contribution in [3.05, 3.63) is 52.7 Å². The van der Waals surface area contributed by atoms with Crippen LogP contribution >= 0.6 is 11.6 Å². The van der Waals surface area contributed by atoms with Gasteiger partial charge in [0.1, 0.15) is 11.6 Å². The smallest absolute Gasteiger partial charge is 0.417 e. The Hall–Kier alpha value is -2.69. The number of amides is 1. The van der Waals surface area contributed by atoms with Gasteiger partial charge in [-0.1, -0.05) is 11.6 Å². The normalized spacial score (nSPS) is 15.2. The first-order valence-corrected chi connectivity index (χ1v) is 9.38. The van der Waals surface area contributed by atoms with Crippen LogP contribution in [0.4, 0.5) is 32.2 Å². The Bertz CT molecular complexity index is 926. The quantitative estimate of drug-likeness (QED) is 0.621. The van der Waals surface area contributed by atoms with E-state index in [1.165, 1.54) is 4.90 Å². The summed E-state index contributed by atoms with van der Waals surface area (Å²) >= 11 is 5.95. The largest absolute Gasteiger partial charge is 0.484 e. The molecular formula is C19H16ClF6N3O2. The first-order valence-electron chi connectivity index (χ1n) is 9.00. The molecule has 0 unspecified atom stereocenters. The number of anilines is 1. The van der Waals surface area contributed by atoms with Crippen LogP contribution in [0.15, 0.2) is 36.5 Å². The van der Waals surface area contributed by atoms with Crippen molar-refractivity contribution in [2.75, 3.05) is 37.7 Å². The fraction of sp³-hybridized carbons (Fsp3) is 0.368. The van der Waals surface area contributed by atoms with Crippen molar-refractivity contribution in [1.29, 1.82) is 0 Å². The zero-order valence-corrected chi connectivity index (χ0v) is 16.6. The monoisotopic (exact) mass is 467 g/mol. The number of piperazine rings is 1. The second-order valence-electron chi connectivity index (χ2n) is 6.71. The van der Waals surface area contributed by atoms with Crippen LogP contribution in [0.3, 0.4) is 0 Å². The minimum Gasteiger partial charge on any atom is -0.484 e. The fourth-order valence-electron chi connectivity index (χ4n) is 2.96. The van der Waals surface area contributed by atoms with Crippen LogP contribution in [0.1, 0.15) is 11.1 Å². The molecule has 0 N–H and O–H groups in total. The Morgan fingerprint density at radius 3 is 2.06 bits per heavy atom. The fourth-order valence-corrected chi connectivity index (χ4v) is 3.25. The summed E-state index contributed by atoms with van der Waals surface area (Å²) in [6.45, 7) is 0.751. The highest BCUT2D eigenvalue weighted by atomic mass is 35.5. The number of halogens is 7. The van der Waals surface area contributed by atoms with Crippen molar-refractivity contribution >= 4 is 23.3 Å². The maximum Gasteiger partial charge on any atom is 0.417 e. The number of ether oxygens (including phenoxy) is 1. The molecule has 1 aliphatic heterocycles. The van der Waals surface area contributed by atoms with Crippen molar-refractivity contribution < 1.29 is 35.9 Å². The lowest BCUT2D eigenvalue weighted by molar-refractivity contribution is -0.138. The zero-order chi connectivity index (χ0) is 22.8. The van der Waals surface area contributed by atoms with Crippen LogP contribution in [-0.4, -0.2) is 48.6 Å². The van der Waals surface area contributed by atoms with Gasteiger partial charge in [-0.3, -0.25) is 4.79 Å². The van der Waals surface area contributed by atoms with Crippen LogP contribution in [0.25, 0.3) is 0 Å². The van der Waals surface area contributed by atoms with Gasteiger partial charge in [-0.15, -0.1) is 0 Å². The molecule has 1 saturated heterocycles. The van der Waals surface area contributed by atoms with E-state index in [9.17, 15) is 31.1 Å². The Labute approximate surface area is 178 Å². The predicted molar refractivity (Wildman–Crippen MR) is 100.0 cm³/mol. The van der Waals surface area contributed by atoms with E-state index in [0.29, 0.717) is 19.3 Å². The highest BCUT2D eigenvalue weighted by Gasteiger charge is 2.33. The van der Waals surface area contributed by atoms with Crippen molar-refractivity contribution in [3.63, 3.8) is 0 Å². The number of aromatic nitrogens is 1. The van der Waals surface area contributed by atoms with E-state index in [1.54, 1.807) is 4.90 Å². The molecule has 1 amide bonds. The zero-order valence-electron chi connectivity index (χ0n) is 15.8. The molecule has 1 fully saturated rings. The molecular weight excluding hydrogens is 452 g/mol. The number of nitrogens with zero attached hydrogens (tertiary/aromatic N) is 3. The third-order valence-electron chi connectivity index (χ3n) is 4.62. The summed E-state index contributed by atoms with van der Waals surface area (Å²) in [5, 5.41) is -0.139. The lowest BCUT2D eigenvalue weighted by Crippen LogP contribution is -2.50. The number of benzene rings is 1. The van der Waals surface area contributed by atoms with Gasteiger partial charge in [-0.2, -0.15) is 26.3 Å². The van der Waals surface area contributed by atoms with E-state index in [1.807, 2.05) is 0 Å². The number of hydrogen-bond donors (Lipinski definition) is 0. The molecule has 2 heterocycles. The van der Waals surface area contributed by atoms with Crippen molar-refractivity contribution in [2.45, 2.75) is 12.4 Å². The van der Waals surface area contributed by atoms with Gasteiger partial charge in [0.2, 0.25) is 0 Å². The lowest BCUT2D eigenvalue weighted by atomic mass is 10.2. The third kappa shape index (κ3) is 5.72.